The third kappa shape index (κ3) is 8.33. The van der Waals surface area contributed by atoms with Crippen molar-refractivity contribution in [2.45, 2.75) is 58.7 Å². The minimum atomic E-state index is -1.04. The van der Waals surface area contributed by atoms with Gasteiger partial charge < -0.3 is 35.1 Å². The summed E-state index contributed by atoms with van der Waals surface area (Å²) in [5, 5.41) is 8.24. The van der Waals surface area contributed by atoms with E-state index in [2.05, 4.69) is 20.9 Å². The van der Waals surface area contributed by atoms with Gasteiger partial charge in [0.1, 0.15) is 6.04 Å². The van der Waals surface area contributed by atoms with Gasteiger partial charge in [0.15, 0.2) is 6.04 Å². The summed E-state index contributed by atoms with van der Waals surface area (Å²) in [7, 11) is 2.49. The molecule has 47 heavy (non-hydrogen) atoms. The smallest absolute Gasteiger partial charge is 0.330 e. The van der Waals surface area contributed by atoms with Gasteiger partial charge in [0, 0.05) is 34.6 Å². The number of rotatable bonds is 11. The molecule has 0 saturated carbocycles. The molecule has 1 aromatic heterocycles. The molecule has 12 heteroatoms. The Morgan fingerprint density at radius 2 is 1.53 bits per heavy atom. The summed E-state index contributed by atoms with van der Waals surface area (Å²) < 4.78 is 15.5. The number of anilines is 1. The van der Waals surface area contributed by atoms with Crippen molar-refractivity contribution in [1.29, 1.82) is 0 Å². The van der Waals surface area contributed by atoms with E-state index < -0.39 is 47.3 Å². The normalized spacial score (nSPS) is 14.5. The van der Waals surface area contributed by atoms with Crippen LogP contribution >= 0.6 is 0 Å². The van der Waals surface area contributed by atoms with E-state index in [4.69, 9.17) is 14.2 Å². The number of carbonyl (C=O) groups excluding carboxylic acids is 5. The van der Waals surface area contributed by atoms with Gasteiger partial charge in [-0.1, -0.05) is 30.3 Å². The topological polar surface area (TPSA) is 165 Å². The number of H-pyrrole nitrogens is 1. The number of aromatic amines is 1. The molecule has 0 saturated heterocycles. The molecule has 1 aliphatic rings. The first-order valence-electron chi connectivity index (χ1n) is 15.0. The van der Waals surface area contributed by atoms with Crippen molar-refractivity contribution in [2.24, 2.45) is 0 Å². The average molecular weight is 645 g/mol. The van der Waals surface area contributed by atoms with Crippen molar-refractivity contribution in [2.75, 3.05) is 26.1 Å². The highest BCUT2D eigenvalue weighted by atomic mass is 16.5. The highest BCUT2D eigenvalue weighted by molar-refractivity contribution is 6.35. The molecule has 2 aromatic carbocycles. The van der Waals surface area contributed by atoms with Crippen LogP contribution in [-0.4, -0.2) is 73.2 Å². The lowest BCUT2D eigenvalue weighted by Crippen LogP contribution is -2.46. The van der Waals surface area contributed by atoms with Gasteiger partial charge in [0.05, 0.1) is 37.6 Å². The van der Waals surface area contributed by atoms with Crippen LogP contribution in [0.3, 0.4) is 0 Å². The Kier molecular flexibility index (Phi) is 10.7. The summed E-state index contributed by atoms with van der Waals surface area (Å²) in [4.78, 5) is 67.8. The first-order chi connectivity index (χ1) is 22.2. The van der Waals surface area contributed by atoms with Crippen LogP contribution in [0.1, 0.15) is 69.6 Å². The second kappa shape index (κ2) is 14.5. The Balaban J connectivity index is 1.59. The second-order valence-electron chi connectivity index (χ2n) is 12.1. The summed E-state index contributed by atoms with van der Waals surface area (Å²) in [5.41, 5.74) is 3.66. The Labute approximate surface area is 273 Å². The average Bonchev–Trinajstić information content (AvgIpc) is 3.50. The molecule has 12 nitrogen and oxygen atoms in total. The molecule has 0 fully saturated rings. The fourth-order valence-corrected chi connectivity index (χ4v) is 5.18. The lowest BCUT2D eigenvalue weighted by Gasteiger charge is -2.24. The van der Waals surface area contributed by atoms with Gasteiger partial charge in [-0.15, -0.1) is 0 Å². The number of aromatic nitrogens is 1. The molecule has 4 N–H and O–H groups in total. The Bertz CT molecular complexity index is 1720. The molecule has 248 valence electrons. The molecule has 3 amide bonds. The second-order valence-corrected chi connectivity index (χ2v) is 12.1. The minimum Gasteiger partial charge on any atom is -0.467 e. The van der Waals surface area contributed by atoms with E-state index in [0.29, 0.717) is 33.8 Å². The monoisotopic (exact) mass is 644 g/mol. The van der Waals surface area contributed by atoms with Crippen LogP contribution in [0.15, 0.2) is 48.5 Å². The third-order valence-corrected chi connectivity index (χ3v) is 7.60. The zero-order valence-corrected chi connectivity index (χ0v) is 27.5. The Hall–Kier alpha value is -5.23. The number of amides is 3. The zero-order valence-electron chi connectivity index (χ0n) is 27.5. The van der Waals surface area contributed by atoms with Crippen molar-refractivity contribution < 1.29 is 38.2 Å². The van der Waals surface area contributed by atoms with E-state index >= 15 is 0 Å². The highest BCUT2D eigenvalue weighted by Gasteiger charge is 2.30. The molecule has 2 heterocycles. The molecule has 4 rings (SSSR count). The molecule has 0 bridgehead atoms. The van der Waals surface area contributed by atoms with Crippen molar-refractivity contribution in [1.82, 2.24) is 15.6 Å². The van der Waals surface area contributed by atoms with Gasteiger partial charge in [-0.3, -0.25) is 14.4 Å². The van der Waals surface area contributed by atoms with Gasteiger partial charge >= 0.3 is 11.9 Å². The van der Waals surface area contributed by atoms with Gasteiger partial charge in [-0.2, -0.15) is 0 Å². The summed E-state index contributed by atoms with van der Waals surface area (Å²) in [6.07, 6.45) is 1.84. The lowest BCUT2D eigenvalue weighted by atomic mass is 10.0. The number of esters is 2. The Morgan fingerprint density at radius 3 is 2.17 bits per heavy atom. The maximum atomic E-state index is 13.4. The third-order valence-electron chi connectivity index (χ3n) is 7.60. The van der Waals surface area contributed by atoms with Crippen molar-refractivity contribution in [3.8, 4) is 0 Å². The molecule has 0 unspecified atom stereocenters. The van der Waals surface area contributed by atoms with E-state index in [1.165, 1.54) is 14.2 Å². The summed E-state index contributed by atoms with van der Waals surface area (Å²) >= 11 is 0. The Morgan fingerprint density at radius 1 is 0.894 bits per heavy atom. The molecule has 0 spiro atoms. The van der Waals surface area contributed by atoms with E-state index in [-0.39, 0.29) is 24.2 Å². The van der Waals surface area contributed by atoms with Crippen LogP contribution in [0.5, 0.6) is 0 Å². The molecular weight excluding hydrogens is 604 g/mol. The summed E-state index contributed by atoms with van der Waals surface area (Å²) in [6.45, 7) is 8.85. The van der Waals surface area contributed by atoms with Crippen LogP contribution in [0.4, 0.5) is 5.69 Å². The standard InChI is InChI=1S/C35H40N4O8/c1-19-26(36-20(2)29(19)32(42)39-28(34(44)46-7)18-47-35(3,4)5)17-24-23-16-22(13-14-25(23)37-31(24)41)30(40)38-27(33(43)45-6)15-21-11-9-8-10-12-21/h8-14,16-17,27-28,36H,15,18H2,1-7H3,(H,37,41)(H,38,40)(H,39,42)/b24-17-/t27-,28-/m0/s1. The first-order valence-corrected chi connectivity index (χ1v) is 15.0. The van der Waals surface area contributed by atoms with Crippen LogP contribution in [-0.2, 0) is 35.0 Å². The highest BCUT2D eigenvalue weighted by Crippen LogP contribution is 2.35. The lowest BCUT2D eigenvalue weighted by molar-refractivity contribution is -0.146. The van der Waals surface area contributed by atoms with Crippen molar-refractivity contribution in [3.05, 3.63) is 87.7 Å². The van der Waals surface area contributed by atoms with Gasteiger partial charge in [0.2, 0.25) is 0 Å². The molecule has 2 atom stereocenters. The first kappa shape index (κ1) is 34.6. The van der Waals surface area contributed by atoms with Crippen LogP contribution < -0.4 is 16.0 Å². The number of hydrogen-bond acceptors (Lipinski definition) is 8. The predicted molar refractivity (Wildman–Crippen MR) is 176 cm³/mol. The number of fused-ring (bicyclic) bond motifs is 1. The van der Waals surface area contributed by atoms with Crippen molar-refractivity contribution >= 4 is 47.0 Å². The summed E-state index contributed by atoms with van der Waals surface area (Å²) in [6, 6.07) is 12.0. The number of methoxy groups -OCH3 is 2. The van der Waals surface area contributed by atoms with E-state index in [0.717, 1.165) is 5.56 Å². The quantitative estimate of drug-likeness (QED) is 0.181. The molecular formula is C35H40N4O8. The number of carbonyl (C=O) groups is 5. The number of ether oxygens (including phenoxy) is 3. The minimum absolute atomic E-state index is 0.0825. The van der Waals surface area contributed by atoms with Crippen LogP contribution in [0, 0.1) is 13.8 Å². The number of nitrogens with one attached hydrogen (secondary N) is 4. The SMILES string of the molecule is COC(=O)[C@H](Cc1ccccc1)NC(=O)c1ccc2c(c1)/C(=C/c1[nH]c(C)c(C(=O)N[C@@H](COC(C)(C)C)C(=O)OC)c1C)C(=O)N2. The zero-order chi connectivity index (χ0) is 34.5. The van der Waals surface area contributed by atoms with Crippen LogP contribution in [0.2, 0.25) is 0 Å². The fourth-order valence-electron chi connectivity index (χ4n) is 5.18. The predicted octanol–water partition coefficient (Wildman–Crippen LogP) is 3.72. The fraction of sp³-hybridized carbons (Fsp3) is 0.343. The largest absolute Gasteiger partial charge is 0.467 e. The maximum absolute atomic E-state index is 13.4. The maximum Gasteiger partial charge on any atom is 0.330 e. The van der Waals surface area contributed by atoms with Gasteiger partial charge in [-0.05, 0) is 70.0 Å². The number of aryl methyl sites for hydroxylation is 1. The molecule has 0 aliphatic carbocycles. The van der Waals surface area contributed by atoms with E-state index in [1.807, 2.05) is 51.1 Å². The number of benzene rings is 2. The molecule has 3 aromatic rings. The molecule has 1 aliphatic heterocycles. The molecule has 0 radical (unpaired) electrons. The van der Waals surface area contributed by atoms with Gasteiger partial charge in [-0.25, -0.2) is 9.59 Å². The van der Waals surface area contributed by atoms with Crippen LogP contribution in [0.25, 0.3) is 11.6 Å². The van der Waals surface area contributed by atoms with Gasteiger partial charge in [0.25, 0.3) is 17.7 Å². The van der Waals surface area contributed by atoms with Crippen molar-refractivity contribution in [3.63, 3.8) is 0 Å². The number of hydrogen-bond donors (Lipinski definition) is 4. The summed E-state index contributed by atoms with van der Waals surface area (Å²) in [5.74, 6) is -2.65. The van der Waals surface area contributed by atoms with E-state index in [9.17, 15) is 24.0 Å². The van der Waals surface area contributed by atoms with E-state index in [1.54, 1.807) is 38.1 Å².